The Hall–Kier alpha value is -1.97. The summed E-state index contributed by atoms with van der Waals surface area (Å²) in [5, 5.41) is 0. The van der Waals surface area contributed by atoms with Crippen molar-refractivity contribution in [3.05, 3.63) is 70.0 Å². The van der Waals surface area contributed by atoms with Gasteiger partial charge >= 0.3 is 0 Å². The number of hydrogen-bond donors (Lipinski definition) is 0. The van der Waals surface area contributed by atoms with Gasteiger partial charge < -0.3 is 4.74 Å². The van der Waals surface area contributed by atoms with Crippen LogP contribution < -0.4 is 0 Å². The van der Waals surface area contributed by atoms with E-state index < -0.39 is 0 Å². The van der Waals surface area contributed by atoms with E-state index in [4.69, 9.17) is 9.72 Å². The molecule has 26 heavy (non-hydrogen) atoms. The van der Waals surface area contributed by atoms with Crippen LogP contribution in [0.1, 0.15) is 47.7 Å². The van der Waals surface area contributed by atoms with Crippen LogP contribution in [0.5, 0.6) is 0 Å². The van der Waals surface area contributed by atoms with Crippen LogP contribution in [0.3, 0.4) is 0 Å². The smallest absolute Gasteiger partial charge is 0.0990 e. The van der Waals surface area contributed by atoms with Gasteiger partial charge in [0.25, 0.3) is 0 Å². The molecule has 1 aromatic carbocycles. The first kappa shape index (κ1) is 17.4. The molecular weight excluding hydrogens is 320 g/mol. The largest absolute Gasteiger partial charge is 0.366 e. The Bertz CT molecular complexity index is 815. The van der Waals surface area contributed by atoms with Crippen molar-refractivity contribution in [3.63, 3.8) is 0 Å². The topological polar surface area (TPSA) is 25.4 Å². The highest BCUT2D eigenvalue weighted by molar-refractivity contribution is 5.84. The minimum atomic E-state index is 0.754. The SMILES string of the molecule is CCOCN1CCC(=C2c3ccc(C)cc3CCc3cccnc32)CC1. The van der Waals surface area contributed by atoms with E-state index in [0.717, 1.165) is 52.1 Å². The van der Waals surface area contributed by atoms with Crippen LogP contribution in [-0.4, -0.2) is 36.3 Å². The molecule has 0 amide bonds. The first-order valence-electron chi connectivity index (χ1n) is 9.82. The first-order valence-corrected chi connectivity index (χ1v) is 9.82. The van der Waals surface area contributed by atoms with Gasteiger partial charge in [-0.05, 0) is 62.3 Å². The number of benzene rings is 1. The fourth-order valence-electron chi connectivity index (χ4n) is 4.22. The van der Waals surface area contributed by atoms with Crippen molar-refractivity contribution in [1.82, 2.24) is 9.88 Å². The molecule has 0 saturated carbocycles. The predicted molar refractivity (Wildman–Crippen MR) is 106 cm³/mol. The third kappa shape index (κ3) is 3.46. The van der Waals surface area contributed by atoms with Gasteiger partial charge in [0.2, 0.25) is 0 Å². The van der Waals surface area contributed by atoms with Crippen LogP contribution in [-0.2, 0) is 17.6 Å². The molecule has 2 heterocycles. The molecule has 1 aliphatic carbocycles. The quantitative estimate of drug-likeness (QED) is 0.823. The lowest BCUT2D eigenvalue weighted by atomic mass is 9.88. The Morgan fingerprint density at radius 2 is 1.85 bits per heavy atom. The summed E-state index contributed by atoms with van der Waals surface area (Å²) in [5.74, 6) is 0. The maximum atomic E-state index is 5.60. The van der Waals surface area contributed by atoms with Crippen molar-refractivity contribution >= 4 is 5.57 Å². The molecule has 1 aliphatic heterocycles. The van der Waals surface area contributed by atoms with Crippen molar-refractivity contribution in [2.75, 3.05) is 26.4 Å². The number of nitrogens with zero attached hydrogens (tertiary/aromatic N) is 2. The zero-order valence-corrected chi connectivity index (χ0v) is 15.9. The van der Waals surface area contributed by atoms with Crippen molar-refractivity contribution < 1.29 is 4.74 Å². The average molecular weight is 348 g/mol. The molecule has 1 saturated heterocycles. The van der Waals surface area contributed by atoms with E-state index in [-0.39, 0.29) is 0 Å². The summed E-state index contributed by atoms with van der Waals surface area (Å²) in [6.45, 7) is 7.93. The van der Waals surface area contributed by atoms with Crippen LogP contribution >= 0.6 is 0 Å². The van der Waals surface area contributed by atoms with Crippen molar-refractivity contribution in [3.8, 4) is 0 Å². The molecule has 136 valence electrons. The summed E-state index contributed by atoms with van der Waals surface area (Å²) in [4.78, 5) is 7.25. The van der Waals surface area contributed by atoms with Crippen LogP contribution in [0.2, 0.25) is 0 Å². The number of pyridine rings is 1. The van der Waals surface area contributed by atoms with Crippen LogP contribution in [0.15, 0.2) is 42.1 Å². The molecule has 0 radical (unpaired) electrons. The molecule has 1 aromatic heterocycles. The van der Waals surface area contributed by atoms with Crippen LogP contribution in [0.25, 0.3) is 5.57 Å². The lowest BCUT2D eigenvalue weighted by Gasteiger charge is -2.29. The Morgan fingerprint density at radius 1 is 1.04 bits per heavy atom. The number of likely N-dealkylation sites (tertiary alicyclic amines) is 1. The summed E-state index contributed by atoms with van der Waals surface area (Å²) in [6.07, 6.45) is 6.33. The third-order valence-electron chi connectivity index (χ3n) is 5.61. The van der Waals surface area contributed by atoms with E-state index in [9.17, 15) is 0 Å². The van der Waals surface area contributed by atoms with E-state index in [1.54, 1.807) is 5.57 Å². The molecule has 3 heteroatoms. The lowest BCUT2D eigenvalue weighted by molar-refractivity contribution is 0.0314. The molecule has 4 rings (SSSR count). The van der Waals surface area contributed by atoms with Gasteiger partial charge in [0.15, 0.2) is 0 Å². The molecular formula is C23H28N2O. The minimum Gasteiger partial charge on any atom is -0.366 e. The van der Waals surface area contributed by atoms with Crippen LogP contribution in [0.4, 0.5) is 0 Å². The highest BCUT2D eigenvalue weighted by Crippen LogP contribution is 2.37. The number of hydrogen-bond acceptors (Lipinski definition) is 3. The van der Waals surface area contributed by atoms with Gasteiger partial charge in [-0.2, -0.15) is 0 Å². The summed E-state index contributed by atoms with van der Waals surface area (Å²) < 4.78 is 5.60. The second-order valence-electron chi connectivity index (χ2n) is 7.39. The number of fused-ring (bicyclic) bond motifs is 2. The van der Waals surface area contributed by atoms with Gasteiger partial charge in [0.05, 0.1) is 12.4 Å². The number of piperidine rings is 1. The van der Waals surface area contributed by atoms with Gasteiger partial charge in [0.1, 0.15) is 0 Å². The molecule has 0 spiro atoms. The molecule has 1 fully saturated rings. The standard InChI is InChI=1S/C23H28N2O/c1-3-26-16-25-13-10-18(11-14-25)22-21-9-6-17(2)15-20(21)8-7-19-5-4-12-24-23(19)22/h4-6,9,12,15H,3,7-8,10-11,13-14,16H2,1-2H3. The van der Waals surface area contributed by atoms with Gasteiger partial charge in [-0.3, -0.25) is 9.88 Å². The monoisotopic (exact) mass is 348 g/mol. The molecule has 0 unspecified atom stereocenters. The van der Waals surface area contributed by atoms with Gasteiger partial charge in [0, 0.05) is 31.5 Å². The molecule has 0 atom stereocenters. The number of aromatic nitrogens is 1. The molecule has 0 N–H and O–H groups in total. The maximum absolute atomic E-state index is 5.60. The Kier molecular flexibility index (Phi) is 5.18. The lowest BCUT2D eigenvalue weighted by Crippen LogP contribution is -2.33. The zero-order valence-electron chi connectivity index (χ0n) is 15.9. The minimum absolute atomic E-state index is 0.754. The fraction of sp³-hybridized carbons (Fsp3) is 0.435. The summed E-state index contributed by atoms with van der Waals surface area (Å²) in [7, 11) is 0. The maximum Gasteiger partial charge on any atom is 0.0990 e. The third-order valence-corrected chi connectivity index (χ3v) is 5.61. The van der Waals surface area contributed by atoms with Gasteiger partial charge in [-0.25, -0.2) is 0 Å². The van der Waals surface area contributed by atoms with Crippen molar-refractivity contribution in [1.29, 1.82) is 0 Å². The number of aryl methyl sites for hydroxylation is 3. The molecule has 3 nitrogen and oxygen atoms in total. The zero-order chi connectivity index (χ0) is 17.9. The first-order chi connectivity index (χ1) is 12.8. The molecule has 2 aromatic rings. The Labute approximate surface area is 156 Å². The summed E-state index contributed by atoms with van der Waals surface area (Å²) >= 11 is 0. The second kappa shape index (κ2) is 7.73. The van der Waals surface area contributed by atoms with Crippen molar-refractivity contribution in [2.24, 2.45) is 0 Å². The van der Waals surface area contributed by atoms with Crippen LogP contribution in [0, 0.1) is 6.92 Å². The summed E-state index contributed by atoms with van der Waals surface area (Å²) in [5.41, 5.74) is 9.79. The normalized spacial score (nSPS) is 17.6. The average Bonchev–Trinajstić information content (AvgIpc) is 2.83. The van der Waals surface area contributed by atoms with Crippen molar-refractivity contribution in [2.45, 2.75) is 39.5 Å². The summed E-state index contributed by atoms with van der Waals surface area (Å²) in [6, 6.07) is 11.3. The van der Waals surface area contributed by atoms with E-state index >= 15 is 0 Å². The highest BCUT2D eigenvalue weighted by atomic mass is 16.5. The predicted octanol–water partition coefficient (Wildman–Crippen LogP) is 4.38. The second-order valence-corrected chi connectivity index (χ2v) is 7.39. The van der Waals surface area contributed by atoms with E-state index in [1.807, 2.05) is 6.20 Å². The fourth-order valence-corrected chi connectivity index (χ4v) is 4.22. The Morgan fingerprint density at radius 3 is 2.65 bits per heavy atom. The number of rotatable bonds is 3. The Balaban J connectivity index is 1.75. The van der Waals surface area contributed by atoms with E-state index in [1.165, 1.54) is 33.5 Å². The number of ether oxygens (including phenoxy) is 1. The highest BCUT2D eigenvalue weighted by Gasteiger charge is 2.24. The van der Waals surface area contributed by atoms with Gasteiger partial charge in [-0.1, -0.05) is 35.4 Å². The van der Waals surface area contributed by atoms with E-state index in [0.29, 0.717) is 0 Å². The molecule has 0 bridgehead atoms. The van der Waals surface area contributed by atoms with Gasteiger partial charge in [-0.15, -0.1) is 0 Å². The van der Waals surface area contributed by atoms with E-state index in [2.05, 4.69) is 49.1 Å². The molecule has 2 aliphatic rings.